The number of amides is 2. The number of nitrogens with two attached hydrogens (primary N) is 1. The van der Waals surface area contributed by atoms with Crippen molar-refractivity contribution in [2.45, 2.75) is 59.0 Å². The van der Waals surface area contributed by atoms with Crippen molar-refractivity contribution in [3.63, 3.8) is 0 Å². The number of nitrogens with one attached hydrogen (secondary N) is 2. The quantitative estimate of drug-likeness (QED) is 0.279. The molecule has 0 fully saturated rings. The summed E-state index contributed by atoms with van der Waals surface area (Å²) in [7, 11) is 0. The molecule has 4 N–H and O–H groups in total. The van der Waals surface area contributed by atoms with Crippen molar-refractivity contribution < 1.29 is 27.9 Å². The number of ether oxygens (including phenoxy) is 1. The number of halogens is 4. The first kappa shape index (κ1) is 33.5. The Morgan fingerprint density at radius 2 is 1.57 bits per heavy atom. The molecule has 11 heteroatoms. The summed E-state index contributed by atoms with van der Waals surface area (Å²) in [5.41, 5.74) is 6.76. The Labute approximate surface area is 244 Å². The molecule has 0 saturated heterocycles. The summed E-state index contributed by atoms with van der Waals surface area (Å²) in [5, 5.41) is 5.52. The Bertz CT molecular complexity index is 1150. The number of hydrogen-bond donors (Lipinski definition) is 3. The Morgan fingerprint density at radius 3 is 2.10 bits per heavy atom. The Morgan fingerprint density at radius 1 is 1.00 bits per heavy atom. The molecule has 0 saturated carbocycles. The van der Waals surface area contributed by atoms with Crippen LogP contribution in [-0.2, 0) is 20.8 Å². The summed E-state index contributed by atoms with van der Waals surface area (Å²) in [5.74, 6) is -10.0. The van der Waals surface area contributed by atoms with Gasteiger partial charge in [0, 0.05) is 34.6 Å². The minimum Gasteiger partial charge on any atom is -0.484 e. The highest BCUT2D eigenvalue weighted by Crippen LogP contribution is 2.29. The SMILES string of the molecule is CC(C)[C@H](C(=O)C(F)(F)C(=O)NCC(C)(C)C)C(N)[C@H](Cc1ccccc1)NC(=O)COc1cc(Cl)cc(Cl)c1. The molecule has 220 valence electrons. The average Bonchev–Trinajstić information content (AvgIpc) is 2.85. The summed E-state index contributed by atoms with van der Waals surface area (Å²) in [6.45, 7) is 7.95. The second-order valence-electron chi connectivity index (χ2n) is 11.3. The molecule has 0 aromatic heterocycles. The average molecular weight is 601 g/mol. The minimum absolute atomic E-state index is 0.0440. The first-order valence-corrected chi connectivity index (χ1v) is 13.6. The van der Waals surface area contributed by atoms with Gasteiger partial charge in [0.15, 0.2) is 6.61 Å². The minimum atomic E-state index is -4.31. The van der Waals surface area contributed by atoms with Crippen molar-refractivity contribution in [1.82, 2.24) is 10.6 Å². The smallest absolute Gasteiger partial charge is 0.381 e. The second kappa shape index (κ2) is 14.2. The topological polar surface area (TPSA) is 111 Å². The first-order valence-electron chi connectivity index (χ1n) is 12.9. The lowest BCUT2D eigenvalue weighted by molar-refractivity contribution is -0.163. The number of carbonyl (C=O) groups excluding carboxylic acids is 3. The highest BCUT2D eigenvalue weighted by atomic mass is 35.5. The summed E-state index contributed by atoms with van der Waals surface area (Å²) in [6, 6.07) is 11.2. The van der Waals surface area contributed by atoms with Gasteiger partial charge in [-0.15, -0.1) is 0 Å². The number of hydrogen-bond acceptors (Lipinski definition) is 5. The zero-order valence-electron chi connectivity index (χ0n) is 23.3. The normalized spacial score (nSPS) is 14.3. The van der Waals surface area contributed by atoms with Crippen LogP contribution in [0.1, 0.15) is 40.2 Å². The van der Waals surface area contributed by atoms with Crippen LogP contribution >= 0.6 is 23.2 Å². The highest BCUT2D eigenvalue weighted by molar-refractivity contribution is 6.34. The fourth-order valence-electron chi connectivity index (χ4n) is 4.11. The molecule has 40 heavy (non-hydrogen) atoms. The molecule has 3 atom stereocenters. The van der Waals surface area contributed by atoms with Crippen molar-refractivity contribution in [1.29, 1.82) is 0 Å². The fourth-order valence-corrected chi connectivity index (χ4v) is 4.62. The van der Waals surface area contributed by atoms with Crippen molar-refractivity contribution in [2.75, 3.05) is 13.2 Å². The van der Waals surface area contributed by atoms with Crippen LogP contribution in [-0.4, -0.2) is 48.8 Å². The van der Waals surface area contributed by atoms with Crippen molar-refractivity contribution in [3.05, 3.63) is 64.1 Å². The standard InChI is InChI=1S/C29H37Cl2F2N3O4/c1-17(2)24(26(38)29(32,33)27(39)35-16-28(3,4)5)25(34)22(11-18-9-7-6-8-10-18)36-23(37)15-40-21-13-19(30)12-20(31)14-21/h6-10,12-14,17,22,24-25H,11,15-16,34H2,1-5H3,(H,35,39)(H,36,37)/t22-,24-,25?/m0/s1. The van der Waals surface area contributed by atoms with E-state index in [2.05, 4.69) is 10.6 Å². The van der Waals surface area contributed by atoms with Crippen LogP contribution in [0.4, 0.5) is 8.78 Å². The molecule has 0 heterocycles. The van der Waals surface area contributed by atoms with Gasteiger partial charge in [0.2, 0.25) is 5.78 Å². The molecule has 2 rings (SSSR count). The Hall–Kier alpha value is -2.75. The molecule has 0 bridgehead atoms. The van der Waals surface area contributed by atoms with Crippen molar-refractivity contribution in [2.24, 2.45) is 23.0 Å². The number of ketones is 1. The molecule has 2 aromatic carbocycles. The number of benzene rings is 2. The van der Waals surface area contributed by atoms with Gasteiger partial charge in [0.25, 0.3) is 11.8 Å². The molecular formula is C29H37Cl2F2N3O4. The summed E-state index contributed by atoms with van der Waals surface area (Å²) in [6.07, 6.45) is 0.148. The Kier molecular flexibility index (Phi) is 11.9. The number of carbonyl (C=O) groups is 3. The molecule has 2 amide bonds. The predicted molar refractivity (Wildman–Crippen MR) is 153 cm³/mol. The lowest BCUT2D eigenvalue weighted by Crippen LogP contribution is -2.60. The third-order valence-electron chi connectivity index (χ3n) is 6.13. The third-order valence-corrected chi connectivity index (χ3v) is 6.56. The van der Waals surface area contributed by atoms with E-state index in [0.717, 1.165) is 5.56 Å². The van der Waals surface area contributed by atoms with E-state index in [-0.39, 0.29) is 18.7 Å². The van der Waals surface area contributed by atoms with E-state index in [1.54, 1.807) is 65.0 Å². The number of rotatable bonds is 13. The maximum Gasteiger partial charge on any atom is 0.381 e. The largest absolute Gasteiger partial charge is 0.484 e. The van der Waals surface area contributed by atoms with Crippen LogP contribution < -0.4 is 21.1 Å². The molecule has 0 aliphatic rings. The highest BCUT2D eigenvalue weighted by Gasteiger charge is 2.53. The molecule has 2 aromatic rings. The van der Waals surface area contributed by atoms with E-state index in [0.29, 0.717) is 10.0 Å². The van der Waals surface area contributed by atoms with E-state index in [9.17, 15) is 14.4 Å². The second-order valence-corrected chi connectivity index (χ2v) is 12.2. The zero-order valence-corrected chi connectivity index (χ0v) is 24.8. The summed E-state index contributed by atoms with van der Waals surface area (Å²) in [4.78, 5) is 38.4. The van der Waals surface area contributed by atoms with Gasteiger partial charge in [-0.3, -0.25) is 14.4 Å². The molecule has 0 spiro atoms. The zero-order chi connectivity index (χ0) is 30.3. The van der Waals surface area contributed by atoms with E-state index in [1.807, 2.05) is 0 Å². The van der Waals surface area contributed by atoms with Crippen molar-refractivity contribution >= 4 is 40.8 Å². The van der Waals surface area contributed by atoms with E-state index >= 15 is 8.78 Å². The van der Waals surface area contributed by atoms with Crippen LogP contribution in [0.15, 0.2) is 48.5 Å². The molecule has 1 unspecified atom stereocenters. The van der Waals surface area contributed by atoms with Gasteiger partial charge in [0.05, 0.1) is 0 Å². The molecule has 0 aliphatic heterocycles. The van der Waals surface area contributed by atoms with Gasteiger partial charge in [0.1, 0.15) is 5.75 Å². The lowest BCUT2D eigenvalue weighted by atomic mass is 9.78. The number of alkyl halides is 2. The molecule has 7 nitrogen and oxygen atoms in total. The first-order chi connectivity index (χ1) is 18.5. The van der Waals surface area contributed by atoms with Crippen LogP contribution in [0, 0.1) is 17.3 Å². The van der Waals surface area contributed by atoms with Gasteiger partial charge in [-0.2, -0.15) is 8.78 Å². The number of Topliss-reactive ketones (excluding diaryl/α,β-unsaturated/α-hetero) is 1. The van der Waals surface area contributed by atoms with Gasteiger partial charge in [-0.25, -0.2) is 0 Å². The van der Waals surface area contributed by atoms with Crippen LogP contribution in [0.2, 0.25) is 10.0 Å². The van der Waals surface area contributed by atoms with Gasteiger partial charge in [-0.1, -0.05) is 88.2 Å². The van der Waals surface area contributed by atoms with E-state index in [1.165, 1.54) is 18.2 Å². The van der Waals surface area contributed by atoms with Crippen LogP contribution in [0.5, 0.6) is 5.75 Å². The molecule has 0 aliphatic carbocycles. The van der Waals surface area contributed by atoms with Gasteiger partial charge >= 0.3 is 5.92 Å². The third kappa shape index (κ3) is 10.0. The summed E-state index contributed by atoms with van der Waals surface area (Å²) >= 11 is 11.9. The Balaban J connectivity index is 2.28. The lowest BCUT2D eigenvalue weighted by Gasteiger charge is -2.34. The van der Waals surface area contributed by atoms with E-state index in [4.69, 9.17) is 33.7 Å². The summed E-state index contributed by atoms with van der Waals surface area (Å²) < 4.78 is 35.8. The van der Waals surface area contributed by atoms with Crippen LogP contribution in [0.3, 0.4) is 0 Å². The maximum atomic E-state index is 15.1. The van der Waals surface area contributed by atoms with Gasteiger partial charge < -0.3 is 21.1 Å². The predicted octanol–water partition coefficient (Wildman–Crippen LogP) is 5.07. The maximum absolute atomic E-state index is 15.1. The van der Waals surface area contributed by atoms with Crippen molar-refractivity contribution in [3.8, 4) is 5.75 Å². The van der Waals surface area contributed by atoms with Crippen LogP contribution in [0.25, 0.3) is 0 Å². The van der Waals surface area contributed by atoms with E-state index < -0.39 is 59.5 Å². The monoisotopic (exact) mass is 599 g/mol. The molecular weight excluding hydrogens is 563 g/mol. The van der Waals surface area contributed by atoms with Gasteiger partial charge in [-0.05, 0) is 41.5 Å². The fraction of sp³-hybridized carbons (Fsp3) is 0.483. The molecule has 0 radical (unpaired) electrons.